The summed E-state index contributed by atoms with van der Waals surface area (Å²) in [5, 5.41) is 0. The number of carbonyl (C=O) groups is 1. The van der Waals surface area contributed by atoms with Crippen molar-refractivity contribution in [2.24, 2.45) is 4.99 Å². The largest absolute Gasteiger partial charge is 0.488 e. The van der Waals surface area contributed by atoms with Crippen LogP contribution in [0.25, 0.3) is 6.08 Å². The van der Waals surface area contributed by atoms with Crippen molar-refractivity contribution in [2.75, 3.05) is 0 Å². The molecule has 0 amide bonds. The van der Waals surface area contributed by atoms with Gasteiger partial charge in [-0.25, -0.2) is 14.2 Å². The highest BCUT2D eigenvalue weighted by Crippen LogP contribution is 2.26. The molecule has 1 heterocycles. The van der Waals surface area contributed by atoms with E-state index in [-0.39, 0.29) is 11.6 Å². The zero-order chi connectivity index (χ0) is 20.2. The number of hydrogen-bond donors (Lipinski definition) is 0. The maximum absolute atomic E-state index is 13.4. The molecule has 0 aliphatic carbocycles. The Kier molecular flexibility index (Phi) is 5.53. The highest BCUT2D eigenvalue weighted by atomic mass is 79.9. The summed E-state index contributed by atoms with van der Waals surface area (Å²) >= 11 is 3.44. The number of nitrogens with zero attached hydrogens (tertiary/aromatic N) is 1. The lowest BCUT2D eigenvalue weighted by molar-refractivity contribution is -0.129. The average molecular weight is 452 g/mol. The molecule has 4 nitrogen and oxygen atoms in total. The summed E-state index contributed by atoms with van der Waals surface area (Å²) in [5.41, 5.74) is 2.23. The van der Waals surface area contributed by atoms with E-state index in [2.05, 4.69) is 20.9 Å². The minimum Gasteiger partial charge on any atom is -0.488 e. The Hall–Kier alpha value is -3.25. The summed E-state index contributed by atoms with van der Waals surface area (Å²) in [6.45, 7) is 0.377. The first-order valence-electron chi connectivity index (χ1n) is 8.83. The molecule has 0 unspecified atom stereocenters. The van der Waals surface area contributed by atoms with Gasteiger partial charge in [-0.15, -0.1) is 0 Å². The van der Waals surface area contributed by atoms with Crippen LogP contribution in [-0.2, 0) is 16.1 Å². The molecule has 0 bridgehead atoms. The number of para-hydroxylation sites is 1. The average Bonchev–Trinajstić information content (AvgIpc) is 3.08. The smallest absolute Gasteiger partial charge is 0.363 e. The van der Waals surface area contributed by atoms with E-state index in [4.69, 9.17) is 9.47 Å². The summed E-state index contributed by atoms with van der Waals surface area (Å²) in [6.07, 6.45) is 1.60. The maximum Gasteiger partial charge on any atom is 0.363 e. The van der Waals surface area contributed by atoms with E-state index in [0.29, 0.717) is 23.5 Å². The van der Waals surface area contributed by atoms with Gasteiger partial charge in [-0.2, -0.15) is 0 Å². The molecule has 1 aliphatic heterocycles. The van der Waals surface area contributed by atoms with E-state index < -0.39 is 11.8 Å². The molecule has 0 spiro atoms. The second kappa shape index (κ2) is 8.41. The molecule has 1 aliphatic rings. The van der Waals surface area contributed by atoms with Crippen molar-refractivity contribution in [3.05, 3.63) is 105 Å². The van der Waals surface area contributed by atoms with Gasteiger partial charge in [-0.05, 0) is 48.0 Å². The number of hydrogen-bond acceptors (Lipinski definition) is 4. The van der Waals surface area contributed by atoms with E-state index in [0.717, 1.165) is 10.0 Å². The predicted octanol–water partition coefficient (Wildman–Crippen LogP) is 5.51. The minimum absolute atomic E-state index is 0.0771. The maximum atomic E-state index is 13.4. The van der Waals surface area contributed by atoms with E-state index in [1.165, 1.54) is 18.2 Å². The Balaban J connectivity index is 1.58. The van der Waals surface area contributed by atoms with Gasteiger partial charge in [0, 0.05) is 15.6 Å². The first-order chi connectivity index (χ1) is 14.1. The fourth-order valence-corrected chi connectivity index (χ4v) is 3.27. The van der Waals surface area contributed by atoms with Crippen LogP contribution < -0.4 is 4.74 Å². The van der Waals surface area contributed by atoms with Crippen molar-refractivity contribution in [1.82, 2.24) is 0 Å². The van der Waals surface area contributed by atoms with Gasteiger partial charge < -0.3 is 9.47 Å². The number of carbonyl (C=O) groups excluding carboxylic acids is 1. The third kappa shape index (κ3) is 4.60. The van der Waals surface area contributed by atoms with E-state index in [9.17, 15) is 9.18 Å². The molecule has 0 saturated heterocycles. The molecular weight excluding hydrogens is 437 g/mol. The van der Waals surface area contributed by atoms with E-state index in [1.807, 2.05) is 48.5 Å². The molecule has 29 heavy (non-hydrogen) atoms. The molecule has 3 aromatic carbocycles. The van der Waals surface area contributed by atoms with Gasteiger partial charge in [-0.1, -0.05) is 52.3 Å². The van der Waals surface area contributed by atoms with Crippen LogP contribution in [0.2, 0.25) is 0 Å². The molecule has 0 fully saturated rings. The molecule has 0 atom stereocenters. The number of esters is 1. The Morgan fingerprint density at radius 2 is 1.86 bits per heavy atom. The van der Waals surface area contributed by atoms with Gasteiger partial charge in [0.15, 0.2) is 5.70 Å². The third-order valence-corrected chi connectivity index (χ3v) is 4.68. The lowest BCUT2D eigenvalue weighted by Crippen LogP contribution is -2.05. The normalized spacial score (nSPS) is 14.6. The monoisotopic (exact) mass is 451 g/mol. The van der Waals surface area contributed by atoms with Crippen molar-refractivity contribution in [1.29, 1.82) is 0 Å². The molecule has 3 aromatic rings. The Morgan fingerprint density at radius 3 is 2.69 bits per heavy atom. The number of cyclic esters (lactones) is 1. The highest BCUT2D eigenvalue weighted by molar-refractivity contribution is 9.10. The van der Waals surface area contributed by atoms with Crippen LogP contribution in [0, 0.1) is 5.82 Å². The Labute approximate surface area is 175 Å². The second-order valence-corrected chi connectivity index (χ2v) is 7.22. The zero-order valence-electron chi connectivity index (χ0n) is 15.1. The van der Waals surface area contributed by atoms with Crippen LogP contribution in [0.4, 0.5) is 4.39 Å². The minimum atomic E-state index is -0.592. The standard InChI is InChI=1S/C23H15BrFNO3/c24-18-8-3-5-15(11-18)14-28-21-10-2-1-6-16(21)13-20-23(27)29-22(26-20)17-7-4-9-19(25)12-17/h1-13H,14H2/b20-13-. The van der Waals surface area contributed by atoms with Crippen LogP contribution >= 0.6 is 15.9 Å². The second-order valence-electron chi connectivity index (χ2n) is 6.30. The highest BCUT2D eigenvalue weighted by Gasteiger charge is 2.24. The first kappa shape index (κ1) is 19.1. The van der Waals surface area contributed by atoms with Gasteiger partial charge in [0.2, 0.25) is 5.90 Å². The number of rotatable bonds is 5. The summed E-state index contributed by atoms with van der Waals surface area (Å²) in [5.74, 6) is -0.327. The van der Waals surface area contributed by atoms with Crippen molar-refractivity contribution in [2.45, 2.75) is 6.61 Å². The molecule has 0 aromatic heterocycles. The predicted molar refractivity (Wildman–Crippen MR) is 112 cm³/mol. The van der Waals surface area contributed by atoms with Gasteiger partial charge in [0.05, 0.1) is 0 Å². The number of ether oxygens (including phenoxy) is 2. The van der Waals surface area contributed by atoms with Gasteiger partial charge in [0.25, 0.3) is 0 Å². The molecule has 0 saturated carbocycles. The van der Waals surface area contributed by atoms with Crippen molar-refractivity contribution >= 4 is 33.9 Å². The number of halogens is 2. The number of benzene rings is 3. The Morgan fingerprint density at radius 1 is 1.03 bits per heavy atom. The number of aliphatic imine (C=N–C) groups is 1. The zero-order valence-corrected chi connectivity index (χ0v) is 16.7. The molecular formula is C23H15BrFNO3. The fourth-order valence-electron chi connectivity index (χ4n) is 2.82. The van der Waals surface area contributed by atoms with E-state index in [1.54, 1.807) is 12.1 Å². The van der Waals surface area contributed by atoms with Crippen LogP contribution in [0.15, 0.2) is 88.0 Å². The molecule has 0 N–H and O–H groups in total. The molecule has 144 valence electrons. The fraction of sp³-hybridized carbons (Fsp3) is 0.0435. The first-order valence-corrected chi connectivity index (χ1v) is 9.62. The Bertz CT molecular complexity index is 1140. The van der Waals surface area contributed by atoms with Crippen LogP contribution in [0.3, 0.4) is 0 Å². The van der Waals surface area contributed by atoms with Gasteiger partial charge in [-0.3, -0.25) is 0 Å². The summed E-state index contributed by atoms with van der Waals surface area (Å²) < 4.78 is 25.5. The lowest BCUT2D eigenvalue weighted by atomic mass is 10.1. The van der Waals surface area contributed by atoms with Crippen molar-refractivity contribution < 1.29 is 18.7 Å². The van der Waals surface area contributed by atoms with Crippen LogP contribution in [-0.4, -0.2) is 11.9 Å². The topological polar surface area (TPSA) is 47.9 Å². The van der Waals surface area contributed by atoms with E-state index >= 15 is 0 Å². The third-order valence-electron chi connectivity index (χ3n) is 4.19. The van der Waals surface area contributed by atoms with Gasteiger partial charge >= 0.3 is 5.97 Å². The quantitative estimate of drug-likeness (QED) is 0.379. The molecule has 4 rings (SSSR count). The summed E-state index contributed by atoms with van der Waals surface area (Å²) in [7, 11) is 0. The van der Waals surface area contributed by atoms with Crippen molar-refractivity contribution in [3.8, 4) is 5.75 Å². The SMILES string of the molecule is O=C1OC(c2cccc(F)c2)=N/C1=C\c1ccccc1OCc1cccc(Br)c1. The summed E-state index contributed by atoms with van der Waals surface area (Å²) in [6, 6.07) is 20.9. The summed E-state index contributed by atoms with van der Waals surface area (Å²) in [4.78, 5) is 16.5. The lowest BCUT2D eigenvalue weighted by Gasteiger charge is -2.09. The molecule has 6 heteroatoms. The molecule has 0 radical (unpaired) electrons. The van der Waals surface area contributed by atoms with Gasteiger partial charge in [0.1, 0.15) is 18.2 Å². The van der Waals surface area contributed by atoms with Crippen LogP contribution in [0.5, 0.6) is 5.75 Å². The van der Waals surface area contributed by atoms with Crippen molar-refractivity contribution in [3.63, 3.8) is 0 Å². The van der Waals surface area contributed by atoms with Crippen LogP contribution in [0.1, 0.15) is 16.7 Å².